The van der Waals surface area contributed by atoms with Crippen molar-refractivity contribution >= 4 is 0 Å². The standard InChI is InChI=1S/C13H20N8O20/c1-9(14(22)23,15(24)25)5-38-13(39-6-10(2,16(26)27)17(28)29,40-7-11(3,18(30)31)19(32)33)41-8-12(4,20(34)35)21(36)37/h5-8H2,1-4H3. The van der Waals surface area contributed by atoms with Crippen molar-refractivity contribution < 1.29 is 58.3 Å². The molecule has 0 aliphatic rings. The van der Waals surface area contributed by atoms with Crippen molar-refractivity contribution in [1.82, 2.24) is 0 Å². The van der Waals surface area contributed by atoms with Gasteiger partial charge in [-0.3, -0.25) is 99.9 Å². The molecule has 0 N–H and O–H groups in total. The highest BCUT2D eigenvalue weighted by Gasteiger charge is 2.62. The van der Waals surface area contributed by atoms with Gasteiger partial charge in [0.05, 0.1) is 27.7 Å². The maximum atomic E-state index is 11.3. The number of rotatable bonds is 20. The fraction of sp³-hybridized carbons (Fsp3) is 1.00. The topological polar surface area (TPSA) is 382 Å². The molecule has 0 aromatic heterocycles. The van der Waals surface area contributed by atoms with E-state index in [1.54, 1.807) is 0 Å². The Morgan fingerprint density at radius 3 is 0.585 bits per heavy atom. The van der Waals surface area contributed by atoms with Crippen LogP contribution >= 0.6 is 0 Å². The van der Waals surface area contributed by atoms with Crippen LogP contribution in [0.3, 0.4) is 0 Å². The van der Waals surface area contributed by atoms with Gasteiger partial charge in [-0.05, 0) is 0 Å². The predicted molar refractivity (Wildman–Crippen MR) is 116 cm³/mol. The van der Waals surface area contributed by atoms with Crippen molar-refractivity contribution in [3.05, 3.63) is 80.9 Å². The second kappa shape index (κ2) is 12.5. The lowest BCUT2D eigenvalue weighted by Crippen LogP contribution is -2.59. The normalized spacial score (nSPS) is 12.8. The number of hydrogen-bond donors (Lipinski definition) is 0. The van der Waals surface area contributed by atoms with Crippen LogP contribution in [0.15, 0.2) is 0 Å². The van der Waals surface area contributed by atoms with Crippen molar-refractivity contribution in [1.29, 1.82) is 0 Å². The van der Waals surface area contributed by atoms with Crippen molar-refractivity contribution in [3.8, 4) is 0 Å². The van der Waals surface area contributed by atoms with Gasteiger partial charge < -0.3 is 0 Å². The van der Waals surface area contributed by atoms with Gasteiger partial charge in [0.1, 0.15) is 39.4 Å². The Labute approximate surface area is 223 Å². The Kier molecular flexibility index (Phi) is 11.0. The molecule has 0 radical (unpaired) electrons. The lowest BCUT2D eigenvalue weighted by Gasteiger charge is -2.33. The summed E-state index contributed by atoms with van der Waals surface area (Å²) in [6.07, 6.45) is -4.03. The largest absolute Gasteiger partial charge is 0.478 e. The summed E-state index contributed by atoms with van der Waals surface area (Å²) in [5, 5.41) is 90.3. The Hall–Kier alpha value is -4.96. The molecule has 0 unspecified atom stereocenters. The zero-order valence-corrected chi connectivity index (χ0v) is 21.1. The molecule has 0 rings (SSSR count). The fourth-order valence-corrected chi connectivity index (χ4v) is 1.84. The van der Waals surface area contributed by atoms with Gasteiger partial charge in [-0.1, -0.05) is 0 Å². The van der Waals surface area contributed by atoms with Crippen LogP contribution < -0.4 is 0 Å². The summed E-state index contributed by atoms with van der Waals surface area (Å²) in [6.45, 7) is -6.63. The molecule has 0 spiro atoms. The summed E-state index contributed by atoms with van der Waals surface area (Å²) >= 11 is 0. The minimum absolute atomic E-state index is 0.270. The number of hydrogen-bond acceptors (Lipinski definition) is 20. The van der Waals surface area contributed by atoms with Gasteiger partial charge in [0.15, 0.2) is 26.4 Å². The highest BCUT2D eigenvalue weighted by atomic mass is 17.0. The Bertz CT molecular complexity index is 895. The first kappa shape index (κ1) is 36.0. The zero-order chi connectivity index (χ0) is 32.8. The third-order valence-electron chi connectivity index (χ3n) is 5.24. The highest BCUT2D eigenvalue weighted by Crippen LogP contribution is 2.28. The minimum Gasteiger partial charge on any atom is -0.288 e. The first-order valence-corrected chi connectivity index (χ1v) is 10.1. The van der Waals surface area contributed by atoms with Crippen molar-refractivity contribution in [2.24, 2.45) is 0 Å². The number of ether oxygens (including phenoxy) is 4. The minimum atomic E-state index is -4.03. The van der Waals surface area contributed by atoms with E-state index in [-0.39, 0.29) is 27.7 Å². The van der Waals surface area contributed by atoms with E-state index in [1.165, 1.54) is 0 Å². The second-order valence-corrected chi connectivity index (χ2v) is 8.58. The lowest BCUT2D eigenvalue weighted by atomic mass is 10.2. The van der Waals surface area contributed by atoms with E-state index in [0.717, 1.165) is 0 Å². The van der Waals surface area contributed by atoms with E-state index < -0.39 is 94.6 Å². The third-order valence-corrected chi connectivity index (χ3v) is 5.24. The van der Waals surface area contributed by atoms with E-state index in [0.29, 0.717) is 0 Å². The maximum absolute atomic E-state index is 11.3. The van der Waals surface area contributed by atoms with Gasteiger partial charge in [-0.25, -0.2) is 0 Å². The van der Waals surface area contributed by atoms with Crippen molar-refractivity contribution in [2.75, 3.05) is 26.4 Å². The molecule has 0 atom stereocenters. The molecule has 0 aromatic rings. The molecule has 0 saturated carbocycles. The quantitative estimate of drug-likeness (QED) is 0.0883. The SMILES string of the molecule is CC(COC(OCC(C)([N+](=O)[O-])[N+](=O)[O-])(OCC(C)([N+](=O)[O-])[N+](=O)[O-])OCC(C)([N+](=O)[O-])[N+](=O)[O-])([N+](=O)[O-])[N+](=O)[O-]. The van der Waals surface area contributed by atoms with E-state index in [9.17, 15) is 80.9 Å². The summed E-state index contributed by atoms with van der Waals surface area (Å²) in [6, 6.07) is 0. The van der Waals surface area contributed by atoms with Crippen LogP contribution in [0.25, 0.3) is 0 Å². The molecule has 0 fully saturated rings. The van der Waals surface area contributed by atoms with Crippen LogP contribution in [-0.2, 0) is 18.9 Å². The lowest BCUT2D eigenvalue weighted by molar-refractivity contribution is -0.811. The molecular weight excluding hydrogens is 588 g/mol. The fourth-order valence-electron chi connectivity index (χ4n) is 1.84. The van der Waals surface area contributed by atoms with Gasteiger partial charge in [-0.15, -0.1) is 0 Å². The predicted octanol–water partition coefficient (Wildman–Crippen LogP) is -1.26. The smallest absolute Gasteiger partial charge is 0.288 e. The zero-order valence-electron chi connectivity index (χ0n) is 21.1. The summed E-state index contributed by atoms with van der Waals surface area (Å²) in [5.74, 6) is 0. The molecular formula is C13H20N8O20. The van der Waals surface area contributed by atoms with Crippen LogP contribution in [0.5, 0.6) is 0 Å². The van der Waals surface area contributed by atoms with E-state index in [4.69, 9.17) is 18.9 Å². The molecule has 41 heavy (non-hydrogen) atoms. The van der Waals surface area contributed by atoms with Gasteiger partial charge >= 0.3 is 28.8 Å². The van der Waals surface area contributed by atoms with Crippen LogP contribution in [-0.4, -0.2) is 94.6 Å². The summed E-state index contributed by atoms with van der Waals surface area (Å²) in [5.41, 5.74) is -13.7. The second-order valence-electron chi connectivity index (χ2n) is 8.58. The van der Waals surface area contributed by atoms with Crippen LogP contribution in [0, 0.1) is 80.9 Å². The molecule has 0 aromatic carbocycles. The van der Waals surface area contributed by atoms with Crippen molar-refractivity contribution in [3.63, 3.8) is 0 Å². The molecule has 0 bridgehead atoms. The monoisotopic (exact) mass is 608 g/mol. The van der Waals surface area contributed by atoms with Gasteiger partial charge in [0.25, 0.3) is 0 Å². The average Bonchev–Trinajstić information content (AvgIpc) is 2.85. The number of nitrogens with zero attached hydrogens (tertiary/aromatic N) is 8. The van der Waals surface area contributed by atoms with Crippen LogP contribution in [0.4, 0.5) is 0 Å². The molecule has 0 saturated heterocycles. The molecule has 232 valence electrons. The Morgan fingerprint density at radius 1 is 0.366 bits per heavy atom. The summed E-state index contributed by atoms with van der Waals surface area (Å²) < 4.78 is 18.8. The molecule has 0 aliphatic heterocycles. The highest BCUT2D eigenvalue weighted by molar-refractivity contribution is 4.67. The first-order valence-electron chi connectivity index (χ1n) is 10.1. The van der Waals surface area contributed by atoms with Crippen LogP contribution in [0.2, 0.25) is 0 Å². The molecule has 0 amide bonds. The summed E-state index contributed by atoms with van der Waals surface area (Å²) in [7, 11) is 0. The third kappa shape index (κ3) is 7.58. The first-order chi connectivity index (χ1) is 18.4. The molecule has 28 nitrogen and oxygen atoms in total. The van der Waals surface area contributed by atoms with E-state index >= 15 is 0 Å². The molecule has 0 aliphatic carbocycles. The van der Waals surface area contributed by atoms with Gasteiger partial charge in [0, 0.05) is 0 Å². The van der Waals surface area contributed by atoms with E-state index in [1.807, 2.05) is 0 Å². The summed E-state index contributed by atoms with van der Waals surface area (Å²) in [4.78, 5) is 77.5. The van der Waals surface area contributed by atoms with Gasteiger partial charge in [-0.2, -0.15) is 0 Å². The maximum Gasteiger partial charge on any atom is 0.478 e. The van der Waals surface area contributed by atoms with Crippen molar-refractivity contribution in [2.45, 2.75) is 56.5 Å². The Balaban J connectivity index is 7.14. The Morgan fingerprint density at radius 2 is 0.488 bits per heavy atom. The molecule has 0 heterocycles. The van der Waals surface area contributed by atoms with E-state index in [2.05, 4.69) is 0 Å². The molecule has 28 heteroatoms. The van der Waals surface area contributed by atoms with Gasteiger partial charge in [0.2, 0.25) is 0 Å². The average molecular weight is 608 g/mol. The number of nitro groups is 8. The van der Waals surface area contributed by atoms with Crippen LogP contribution in [0.1, 0.15) is 27.7 Å².